The minimum absolute atomic E-state index is 0.133. The molecule has 0 atom stereocenters. The van der Waals surface area contributed by atoms with Gasteiger partial charge in [0.05, 0.1) is 10.8 Å². The van der Waals surface area contributed by atoms with Gasteiger partial charge in [0.15, 0.2) is 0 Å². The number of hydrogen-bond acceptors (Lipinski definition) is 4. The summed E-state index contributed by atoms with van der Waals surface area (Å²) in [5, 5.41) is 47.0. The molecule has 9 aromatic carbocycles. The number of rotatable bonds is 11. The lowest BCUT2D eigenvalue weighted by Crippen LogP contribution is -2.32. The van der Waals surface area contributed by atoms with Crippen LogP contribution in [0.15, 0.2) is 212 Å². The molecule has 65 heavy (non-hydrogen) atoms. The third kappa shape index (κ3) is 7.31. The molecule has 0 aliphatic carbocycles. The summed E-state index contributed by atoms with van der Waals surface area (Å²) in [4.78, 5) is 0. The summed E-state index contributed by atoms with van der Waals surface area (Å²) >= 11 is 0. The van der Waals surface area contributed by atoms with Gasteiger partial charge in [-0.25, -0.2) is 0 Å². The second-order valence-corrected chi connectivity index (χ2v) is 17.3. The molecule has 0 aromatic heterocycles. The molecule has 0 saturated heterocycles. The third-order valence-electron chi connectivity index (χ3n) is 13.4. The molecule has 0 radical (unpaired) electrons. The van der Waals surface area contributed by atoms with Crippen LogP contribution in [-0.2, 0) is 10.8 Å². The van der Waals surface area contributed by atoms with Gasteiger partial charge in [0, 0.05) is 17.0 Å². The lowest BCUT2D eigenvalue weighted by atomic mass is 9.63. The lowest BCUT2D eigenvalue weighted by molar-refractivity contribution is 0.453. The molecule has 0 saturated carbocycles. The first kappa shape index (κ1) is 42.5. The summed E-state index contributed by atoms with van der Waals surface area (Å²) in [5.41, 5.74) is 11.0. The van der Waals surface area contributed by atoms with E-state index in [0.717, 1.165) is 61.2 Å². The second-order valence-electron chi connectivity index (χ2n) is 17.3. The van der Waals surface area contributed by atoms with E-state index >= 15 is 0 Å². The van der Waals surface area contributed by atoms with E-state index in [2.05, 4.69) is 146 Å². The molecule has 0 fully saturated rings. The van der Waals surface area contributed by atoms with Crippen LogP contribution in [0.4, 0.5) is 0 Å². The molecule has 9 rings (SSSR count). The van der Waals surface area contributed by atoms with Gasteiger partial charge in [-0.1, -0.05) is 188 Å². The van der Waals surface area contributed by atoms with Crippen molar-refractivity contribution in [2.24, 2.45) is 0 Å². The van der Waals surface area contributed by atoms with Crippen LogP contribution in [0.2, 0.25) is 0 Å². The maximum Gasteiger partial charge on any atom is 0.122 e. The zero-order valence-corrected chi connectivity index (χ0v) is 37.1. The SMILES string of the molecule is Cc1cc(C(c2ccccc2)(c2ccccc2)c2cc(C)c(O)c(C(c3ccccc3)c3cc(C(c4ccccc4)(c4ccccc4)c4ccc(O)c(C)c4)cc(C)c3O)c2)ccc1O. The standard InChI is InChI=1S/C61H52O4/c1-40-34-49(30-32-55(40)62)60(45-22-12-6-13-23-45,46-24-14-7-15-25-46)51-36-42(3)58(64)53(38-51)57(44-20-10-5-11-21-44)54-39-52(37-43(4)59(54)65)61(47-26-16-8-17-27-47,48-28-18-9-19-29-48)50-31-33-56(63)41(2)35-50/h5-39,57,62-65H,1-4H3. The van der Waals surface area contributed by atoms with Crippen molar-refractivity contribution in [2.75, 3.05) is 0 Å². The van der Waals surface area contributed by atoms with Crippen LogP contribution in [0.1, 0.15) is 89.4 Å². The van der Waals surface area contributed by atoms with Gasteiger partial charge in [0.2, 0.25) is 0 Å². The maximum absolute atomic E-state index is 12.6. The van der Waals surface area contributed by atoms with E-state index in [1.54, 1.807) is 12.1 Å². The van der Waals surface area contributed by atoms with Crippen LogP contribution >= 0.6 is 0 Å². The Morgan fingerprint density at radius 1 is 0.292 bits per heavy atom. The topological polar surface area (TPSA) is 80.9 Å². The molecule has 0 heterocycles. The number of aryl methyl sites for hydroxylation is 4. The molecule has 4 heteroatoms. The van der Waals surface area contributed by atoms with E-state index < -0.39 is 16.7 Å². The summed E-state index contributed by atoms with van der Waals surface area (Å²) in [6, 6.07) is 71.7. The fraction of sp³-hybridized carbons (Fsp3) is 0.115. The first-order chi connectivity index (χ1) is 31.5. The zero-order valence-electron chi connectivity index (χ0n) is 37.1. The molecule has 4 nitrogen and oxygen atoms in total. The molecule has 0 aliphatic heterocycles. The maximum atomic E-state index is 12.6. The predicted octanol–water partition coefficient (Wildman–Crippen LogP) is 13.7. The monoisotopic (exact) mass is 848 g/mol. The van der Waals surface area contributed by atoms with Gasteiger partial charge in [0.1, 0.15) is 23.0 Å². The molecule has 0 spiro atoms. The number of benzene rings is 9. The van der Waals surface area contributed by atoms with Crippen molar-refractivity contribution in [1.82, 2.24) is 0 Å². The molecular formula is C61H52O4. The number of aromatic hydroxyl groups is 4. The average molecular weight is 849 g/mol. The van der Waals surface area contributed by atoms with Gasteiger partial charge >= 0.3 is 0 Å². The first-order valence-electron chi connectivity index (χ1n) is 22.1. The molecular weight excluding hydrogens is 797 g/mol. The molecule has 0 unspecified atom stereocenters. The van der Waals surface area contributed by atoms with E-state index in [1.165, 1.54) is 0 Å². The Hall–Kier alpha value is -7.82. The Balaban J connectivity index is 1.39. The highest BCUT2D eigenvalue weighted by Gasteiger charge is 2.42. The molecule has 0 amide bonds. The summed E-state index contributed by atoms with van der Waals surface area (Å²) < 4.78 is 0. The highest BCUT2D eigenvalue weighted by molar-refractivity contribution is 5.68. The van der Waals surface area contributed by atoms with E-state index in [0.29, 0.717) is 22.3 Å². The Kier molecular flexibility index (Phi) is 11.4. The Morgan fingerprint density at radius 2 is 0.585 bits per heavy atom. The predicted molar refractivity (Wildman–Crippen MR) is 262 cm³/mol. The van der Waals surface area contributed by atoms with E-state index in [-0.39, 0.29) is 23.0 Å². The fourth-order valence-electron chi connectivity index (χ4n) is 10.2. The highest BCUT2D eigenvalue weighted by Crippen LogP contribution is 2.53. The van der Waals surface area contributed by atoms with Crippen LogP contribution in [0, 0.1) is 27.7 Å². The van der Waals surface area contributed by atoms with Gasteiger partial charge < -0.3 is 20.4 Å². The van der Waals surface area contributed by atoms with Gasteiger partial charge in [-0.2, -0.15) is 0 Å². The lowest BCUT2D eigenvalue weighted by Gasteiger charge is -2.39. The van der Waals surface area contributed by atoms with Crippen molar-refractivity contribution in [3.8, 4) is 23.0 Å². The first-order valence-corrected chi connectivity index (χ1v) is 22.1. The number of hydrogen-bond donors (Lipinski definition) is 4. The van der Waals surface area contributed by atoms with Crippen LogP contribution in [0.3, 0.4) is 0 Å². The molecule has 0 aliphatic rings. The van der Waals surface area contributed by atoms with Gasteiger partial charge in [-0.05, 0) is 124 Å². The quantitative estimate of drug-likeness (QED) is 0.0978. The van der Waals surface area contributed by atoms with Gasteiger partial charge in [0.25, 0.3) is 0 Å². The van der Waals surface area contributed by atoms with Crippen molar-refractivity contribution in [2.45, 2.75) is 44.4 Å². The van der Waals surface area contributed by atoms with Crippen molar-refractivity contribution in [3.05, 3.63) is 296 Å². The average Bonchev–Trinajstić information content (AvgIpc) is 3.34. The van der Waals surface area contributed by atoms with Crippen LogP contribution < -0.4 is 0 Å². The molecule has 320 valence electrons. The zero-order chi connectivity index (χ0) is 45.3. The van der Waals surface area contributed by atoms with E-state index in [4.69, 9.17) is 0 Å². The normalized spacial score (nSPS) is 11.8. The summed E-state index contributed by atoms with van der Waals surface area (Å²) in [7, 11) is 0. The molecule has 0 bridgehead atoms. The Morgan fingerprint density at radius 3 is 0.892 bits per heavy atom. The molecule has 4 N–H and O–H groups in total. The summed E-state index contributed by atoms with van der Waals surface area (Å²) in [6.45, 7) is 7.72. The second kappa shape index (κ2) is 17.4. The van der Waals surface area contributed by atoms with Crippen molar-refractivity contribution in [1.29, 1.82) is 0 Å². The van der Waals surface area contributed by atoms with Crippen LogP contribution in [0.25, 0.3) is 0 Å². The number of phenolic OH excluding ortho intramolecular Hbond substituents is 4. The largest absolute Gasteiger partial charge is 0.508 e. The highest BCUT2D eigenvalue weighted by atomic mass is 16.3. The van der Waals surface area contributed by atoms with Gasteiger partial charge in [-0.3, -0.25) is 0 Å². The third-order valence-corrected chi connectivity index (χ3v) is 13.4. The Labute approximate surface area is 382 Å². The minimum Gasteiger partial charge on any atom is -0.508 e. The molecule has 9 aromatic rings. The fourth-order valence-corrected chi connectivity index (χ4v) is 10.2. The van der Waals surface area contributed by atoms with Crippen molar-refractivity contribution < 1.29 is 20.4 Å². The van der Waals surface area contributed by atoms with Crippen LogP contribution in [0.5, 0.6) is 23.0 Å². The summed E-state index contributed by atoms with van der Waals surface area (Å²) in [5.74, 6) is 0.0450. The minimum atomic E-state index is -0.901. The smallest absolute Gasteiger partial charge is 0.122 e. The van der Waals surface area contributed by atoms with E-state index in [9.17, 15) is 20.4 Å². The van der Waals surface area contributed by atoms with Gasteiger partial charge in [-0.15, -0.1) is 0 Å². The summed E-state index contributed by atoms with van der Waals surface area (Å²) in [6.07, 6.45) is 0. The number of phenols is 4. The van der Waals surface area contributed by atoms with Crippen molar-refractivity contribution in [3.63, 3.8) is 0 Å². The van der Waals surface area contributed by atoms with E-state index in [1.807, 2.05) is 82.3 Å². The van der Waals surface area contributed by atoms with Crippen LogP contribution in [-0.4, -0.2) is 20.4 Å². The Bertz CT molecular complexity index is 2840. The van der Waals surface area contributed by atoms with Crippen molar-refractivity contribution >= 4 is 0 Å².